The molecule has 77 valence electrons. The van der Waals surface area contributed by atoms with Crippen LogP contribution in [-0.2, 0) is 0 Å². The third-order valence-corrected chi connectivity index (χ3v) is 2.26. The maximum atomic E-state index is 12.5. The molecule has 0 N–H and O–H groups in total. The van der Waals surface area contributed by atoms with Gasteiger partial charge in [-0.3, -0.25) is 0 Å². The number of hydrogen-bond donors (Lipinski definition) is 0. The van der Waals surface area contributed by atoms with E-state index in [0.717, 1.165) is 0 Å². The number of halogens is 3. The van der Waals surface area contributed by atoms with Gasteiger partial charge in [-0.25, -0.2) is 4.68 Å². The minimum absolute atomic E-state index is 0.190. The van der Waals surface area contributed by atoms with Crippen molar-refractivity contribution in [3.8, 4) is 11.3 Å². The van der Waals surface area contributed by atoms with E-state index >= 15 is 0 Å². The average Bonchev–Trinajstić information content (AvgIpc) is 2.67. The number of benzene rings is 1. The molecule has 5 heteroatoms. The van der Waals surface area contributed by atoms with Crippen LogP contribution in [0.25, 0.3) is 11.3 Å². The van der Waals surface area contributed by atoms with Crippen molar-refractivity contribution in [3.63, 3.8) is 0 Å². The highest BCUT2D eigenvalue weighted by molar-refractivity contribution is 6.33. The van der Waals surface area contributed by atoms with Crippen molar-refractivity contribution in [3.05, 3.63) is 41.6 Å². The second-order valence-electron chi connectivity index (χ2n) is 2.84. The Morgan fingerprint density at radius 2 is 2.07 bits per heavy atom. The molecular formula is C10H6ClF2N2. The maximum Gasteiger partial charge on any atom is 0.333 e. The standard InChI is InChI=1S/C10H6ClF2N2/c11-8-4-2-1-3-7(8)9-5-6-14-15(9)10(12)13/h1-4,6,10H. The summed E-state index contributed by atoms with van der Waals surface area (Å²) >= 11 is 5.89. The zero-order chi connectivity index (χ0) is 10.8. The Morgan fingerprint density at radius 3 is 2.73 bits per heavy atom. The average molecular weight is 228 g/mol. The molecular weight excluding hydrogens is 222 g/mol. The summed E-state index contributed by atoms with van der Waals surface area (Å²) in [5.74, 6) is 0. The molecule has 0 aliphatic carbocycles. The molecule has 2 nitrogen and oxygen atoms in total. The van der Waals surface area contributed by atoms with E-state index in [1.54, 1.807) is 24.3 Å². The third-order valence-electron chi connectivity index (χ3n) is 1.93. The minimum atomic E-state index is -2.69. The minimum Gasteiger partial charge on any atom is -0.203 e. The summed E-state index contributed by atoms with van der Waals surface area (Å²) in [5, 5.41) is 3.88. The molecule has 0 atom stereocenters. The van der Waals surface area contributed by atoms with Crippen LogP contribution in [0.2, 0.25) is 5.02 Å². The molecule has 0 saturated heterocycles. The SMILES string of the molecule is FC(F)n1nc[c]c1-c1ccccc1Cl. The van der Waals surface area contributed by atoms with Gasteiger partial charge in [-0.15, -0.1) is 0 Å². The van der Waals surface area contributed by atoms with E-state index in [9.17, 15) is 8.78 Å². The molecule has 0 bridgehead atoms. The van der Waals surface area contributed by atoms with Crippen LogP contribution >= 0.6 is 11.6 Å². The van der Waals surface area contributed by atoms with E-state index in [2.05, 4.69) is 11.2 Å². The fourth-order valence-corrected chi connectivity index (χ4v) is 1.50. The van der Waals surface area contributed by atoms with E-state index < -0.39 is 6.55 Å². The van der Waals surface area contributed by atoms with Crippen molar-refractivity contribution >= 4 is 11.6 Å². The van der Waals surface area contributed by atoms with E-state index in [0.29, 0.717) is 15.3 Å². The lowest BCUT2D eigenvalue weighted by Gasteiger charge is -2.06. The van der Waals surface area contributed by atoms with Crippen molar-refractivity contribution < 1.29 is 8.78 Å². The largest absolute Gasteiger partial charge is 0.333 e. The second-order valence-corrected chi connectivity index (χ2v) is 3.25. The van der Waals surface area contributed by atoms with Crippen LogP contribution in [0.3, 0.4) is 0 Å². The molecule has 1 heterocycles. The summed E-state index contributed by atoms with van der Waals surface area (Å²) in [6.45, 7) is -2.69. The van der Waals surface area contributed by atoms with Crippen LogP contribution in [0.4, 0.5) is 8.78 Å². The van der Waals surface area contributed by atoms with Crippen LogP contribution in [0.15, 0.2) is 30.5 Å². The number of hydrogen-bond acceptors (Lipinski definition) is 1. The quantitative estimate of drug-likeness (QED) is 0.769. The van der Waals surface area contributed by atoms with Crippen LogP contribution in [0.1, 0.15) is 6.55 Å². The molecule has 0 saturated carbocycles. The molecule has 1 radical (unpaired) electrons. The number of nitrogens with zero attached hydrogens (tertiary/aromatic N) is 2. The number of rotatable bonds is 2. The molecule has 15 heavy (non-hydrogen) atoms. The molecule has 1 aromatic carbocycles. The van der Waals surface area contributed by atoms with Gasteiger partial charge in [0.05, 0.1) is 11.9 Å². The van der Waals surface area contributed by atoms with E-state index in [4.69, 9.17) is 11.6 Å². The van der Waals surface area contributed by atoms with E-state index in [1.165, 1.54) is 6.20 Å². The summed E-state index contributed by atoms with van der Waals surface area (Å²) in [5.41, 5.74) is 0.688. The molecule has 0 aliphatic rings. The zero-order valence-electron chi connectivity index (χ0n) is 7.49. The molecule has 0 aliphatic heterocycles. The van der Waals surface area contributed by atoms with Gasteiger partial charge in [-0.2, -0.15) is 13.9 Å². The molecule has 2 rings (SSSR count). The predicted octanol–water partition coefficient (Wildman–Crippen LogP) is 3.40. The molecule has 0 unspecified atom stereocenters. The van der Waals surface area contributed by atoms with Gasteiger partial charge >= 0.3 is 6.55 Å². The summed E-state index contributed by atoms with van der Waals surface area (Å²) in [6.07, 6.45) is 1.20. The fraction of sp³-hybridized carbons (Fsp3) is 0.100. The number of alkyl halides is 2. The highest BCUT2D eigenvalue weighted by Gasteiger charge is 2.14. The molecule has 0 amide bonds. The highest BCUT2D eigenvalue weighted by Crippen LogP contribution is 2.28. The van der Waals surface area contributed by atoms with Gasteiger partial charge in [0.1, 0.15) is 0 Å². The fourth-order valence-electron chi connectivity index (χ4n) is 1.28. The Labute approximate surface area is 90.1 Å². The van der Waals surface area contributed by atoms with Crippen molar-refractivity contribution in [2.75, 3.05) is 0 Å². The first-order chi connectivity index (χ1) is 7.20. The normalized spacial score (nSPS) is 10.9. The highest BCUT2D eigenvalue weighted by atomic mass is 35.5. The molecule has 1 aromatic heterocycles. The van der Waals surface area contributed by atoms with Gasteiger partial charge in [0.2, 0.25) is 0 Å². The van der Waals surface area contributed by atoms with Crippen LogP contribution in [0.5, 0.6) is 0 Å². The Kier molecular flexibility index (Phi) is 2.68. The monoisotopic (exact) mass is 227 g/mol. The smallest absolute Gasteiger partial charge is 0.203 e. The summed E-state index contributed by atoms with van der Waals surface area (Å²) in [6, 6.07) is 9.36. The second kappa shape index (κ2) is 3.98. The number of aromatic nitrogens is 2. The lowest BCUT2D eigenvalue weighted by molar-refractivity contribution is 0.0585. The van der Waals surface area contributed by atoms with Gasteiger partial charge in [-0.05, 0) is 6.07 Å². The van der Waals surface area contributed by atoms with E-state index in [1.807, 2.05) is 0 Å². The molecule has 2 aromatic rings. The Morgan fingerprint density at radius 1 is 1.33 bits per heavy atom. The molecule has 0 spiro atoms. The zero-order valence-corrected chi connectivity index (χ0v) is 8.25. The van der Waals surface area contributed by atoms with Crippen molar-refractivity contribution in [2.45, 2.75) is 6.55 Å². The van der Waals surface area contributed by atoms with Crippen molar-refractivity contribution in [2.24, 2.45) is 0 Å². The summed E-state index contributed by atoms with van der Waals surface area (Å²) in [4.78, 5) is 0. The first-order valence-corrected chi connectivity index (χ1v) is 4.56. The van der Waals surface area contributed by atoms with Gasteiger partial charge in [-0.1, -0.05) is 29.8 Å². The lowest BCUT2D eigenvalue weighted by Crippen LogP contribution is -2.02. The van der Waals surface area contributed by atoms with E-state index in [-0.39, 0.29) is 5.69 Å². The first-order valence-electron chi connectivity index (χ1n) is 4.18. The Hall–Kier alpha value is -1.42. The summed E-state index contributed by atoms with van der Waals surface area (Å²) in [7, 11) is 0. The van der Waals surface area contributed by atoms with Gasteiger partial charge in [0, 0.05) is 16.7 Å². The van der Waals surface area contributed by atoms with Gasteiger partial charge in [0.25, 0.3) is 0 Å². The van der Waals surface area contributed by atoms with Crippen LogP contribution in [-0.4, -0.2) is 9.78 Å². The Bertz CT molecular complexity index is 468. The van der Waals surface area contributed by atoms with Crippen molar-refractivity contribution in [1.82, 2.24) is 9.78 Å². The topological polar surface area (TPSA) is 17.8 Å². The predicted molar refractivity (Wildman–Crippen MR) is 52.8 cm³/mol. The van der Waals surface area contributed by atoms with Crippen molar-refractivity contribution in [1.29, 1.82) is 0 Å². The van der Waals surface area contributed by atoms with Gasteiger partial charge < -0.3 is 0 Å². The lowest BCUT2D eigenvalue weighted by atomic mass is 10.1. The Balaban J connectivity index is 2.55. The van der Waals surface area contributed by atoms with Crippen LogP contribution < -0.4 is 0 Å². The van der Waals surface area contributed by atoms with Gasteiger partial charge in [0.15, 0.2) is 0 Å². The van der Waals surface area contributed by atoms with Crippen LogP contribution in [0, 0.1) is 6.07 Å². The maximum absolute atomic E-state index is 12.5. The summed E-state index contributed by atoms with van der Waals surface area (Å²) < 4.78 is 25.6. The third kappa shape index (κ3) is 1.85. The first kappa shape index (κ1) is 10.1. The molecule has 0 fully saturated rings.